The number of hydrogen-bond donors (Lipinski definition) is 0. The zero-order valence-electron chi connectivity index (χ0n) is 17.2. The third-order valence-corrected chi connectivity index (χ3v) is 5.97. The van der Waals surface area contributed by atoms with Crippen molar-refractivity contribution < 1.29 is 0 Å². The first-order valence-corrected chi connectivity index (χ1v) is 10.5. The van der Waals surface area contributed by atoms with Crippen LogP contribution in [0.1, 0.15) is 27.8 Å². The van der Waals surface area contributed by atoms with Crippen molar-refractivity contribution in [1.29, 1.82) is 0 Å². The summed E-state index contributed by atoms with van der Waals surface area (Å²) in [5, 5.41) is 1.11. The van der Waals surface area contributed by atoms with Crippen LogP contribution in [0.5, 0.6) is 0 Å². The summed E-state index contributed by atoms with van der Waals surface area (Å²) in [6.07, 6.45) is 2.66. The SMILES string of the molecule is Cc1cccc(CN2CCc3c(c(=O)n(Cc4ccccc4)c4ncccc34)C2)c1. The molecule has 4 nitrogen and oxygen atoms in total. The largest absolute Gasteiger partial charge is 0.294 e. The Morgan fingerprint density at radius 3 is 2.57 bits per heavy atom. The topological polar surface area (TPSA) is 38.1 Å². The molecule has 1 aliphatic rings. The molecule has 30 heavy (non-hydrogen) atoms. The number of hydrogen-bond acceptors (Lipinski definition) is 3. The van der Waals surface area contributed by atoms with Crippen molar-refractivity contribution in [3.8, 4) is 0 Å². The first-order chi connectivity index (χ1) is 14.7. The highest BCUT2D eigenvalue weighted by atomic mass is 16.1. The quantitative estimate of drug-likeness (QED) is 0.517. The average molecular weight is 396 g/mol. The summed E-state index contributed by atoms with van der Waals surface area (Å²) in [4.78, 5) is 20.6. The van der Waals surface area contributed by atoms with Crippen molar-refractivity contribution in [3.63, 3.8) is 0 Å². The van der Waals surface area contributed by atoms with Gasteiger partial charge >= 0.3 is 0 Å². The molecule has 0 saturated heterocycles. The zero-order chi connectivity index (χ0) is 20.5. The minimum atomic E-state index is 0.0917. The first-order valence-electron chi connectivity index (χ1n) is 10.5. The van der Waals surface area contributed by atoms with E-state index in [0.717, 1.165) is 41.7 Å². The second-order valence-electron chi connectivity index (χ2n) is 8.16. The molecule has 0 amide bonds. The van der Waals surface area contributed by atoms with Gasteiger partial charge in [0.05, 0.1) is 6.54 Å². The third kappa shape index (κ3) is 3.55. The van der Waals surface area contributed by atoms with Gasteiger partial charge in [0.1, 0.15) is 5.65 Å². The minimum absolute atomic E-state index is 0.0917. The molecule has 2 aromatic heterocycles. The number of fused-ring (bicyclic) bond motifs is 3. The third-order valence-electron chi connectivity index (χ3n) is 5.97. The Hall–Kier alpha value is -3.24. The van der Waals surface area contributed by atoms with Gasteiger partial charge in [-0.05, 0) is 42.2 Å². The number of nitrogens with zero attached hydrogens (tertiary/aromatic N) is 3. The monoisotopic (exact) mass is 395 g/mol. The number of rotatable bonds is 4. The number of benzene rings is 2. The standard InChI is InChI=1S/C26H25N3O/c1-19-7-5-10-21(15-19)16-28-14-12-22-23-11-6-13-27-25(23)29(26(30)24(22)18-28)17-20-8-3-2-4-9-20/h2-11,13,15H,12,14,16-18H2,1H3. The molecule has 2 aromatic carbocycles. The molecule has 150 valence electrons. The van der Waals surface area contributed by atoms with Gasteiger partial charge in [-0.1, -0.05) is 60.2 Å². The van der Waals surface area contributed by atoms with E-state index in [1.165, 1.54) is 16.7 Å². The molecule has 1 aliphatic heterocycles. The van der Waals surface area contributed by atoms with Crippen LogP contribution in [0.25, 0.3) is 11.0 Å². The molecule has 0 N–H and O–H groups in total. The van der Waals surface area contributed by atoms with Crippen molar-refractivity contribution in [1.82, 2.24) is 14.5 Å². The highest BCUT2D eigenvalue weighted by molar-refractivity contribution is 5.80. The summed E-state index contributed by atoms with van der Waals surface area (Å²) in [6.45, 7) is 5.16. The summed E-state index contributed by atoms with van der Waals surface area (Å²) in [6, 6.07) is 22.8. The summed E-state index contributed by atoms with van der Waals surface area (Å²) in [5.74, 6) is 0. The Labute approximate surface area is 176 Å². The van der Waals surface area contributed by atoms with Crippen LogP contribution in [-0.2, 0) is 26.1 Å². The minimum Gasteiger partial charge on any atom is -0.294 e. The highest BCUT2D eigenvalue weighted by Gasteiger charge is 2.24. The fourth-order valence-electron chi connectivity index (χ4n) is 4.54. The van der Waals surface area contributed by atoms with Crippen molar-refractivity contribution in [2.45, 2.75) is 33.0 Å². The molecule has 4 aromatic rings. The van der Waals surface area contributed by atoms with Gasteiger partial charge in [-0.15, -0.1) is 0 Å². The zero-order valence-corrected chi connectivity index (χ0v) is 17.2. The van der Waals surface area contributed by atoms with Gasteiger partial charge in [-0.2, -0.15) is 0 Å². The lowest BCUT2D eigenvalue weighted by Gasteiger charge is -2.30. The van der Waals surface area contributed by atoms with Crippen molar-refractivity contribution in [3.05, 3.63) is 111 Å². The maximum atomic E-state index is 13.6. The van der Waals surface area contributed by atoms with Crippen LogP contribution in [-0.4, -0.2) is 21.0 Å². The fourth-order valence-corrected chi connectivity index (χ4v) is 4.54. The Kier molecular flexibility index (Phi) is 4.93. The van der Waals surface area contributed by atoms with Crippen LogP contribution in [0.3, 0.4) is 0 Å². The second-order valence-corrected chi connectivity index (χ2v) is 8.16. The molecule has 0 spiro atoms. The smallest absolute Gasteiger partial charge is 0.257 e. The van der Waals surface area contributed by atoms with E-state index < -0.39 is 0 Å². The maximum Gasteiger partial charge on any atom is 0.257 e. The van der Waals surface area contributed by atoms with Crippen LogP contribution in [0.15, 0.2) is 77.7 Å². The van der Waals surface area contributed by atoms with Crippen LogP contribution < -0.4 is 5.56 Å². The molecule has 0 radical (unpaired) electrons. The van der Waals surface area contributed by atoms with Crippen LogP contribution in [0.4, 0.5) is 0 Å². The lowest BCUT2D eigenvalue weighted by molar-refractivity contribution is 0.244. The lowest BCUT2D eigenvalue weighted by atomic mass is 9.97. The molecule has 0 atom stereocenters. The van der Waals surface area contributed by atoms with Crippen molar-refractivity contribution in [2.24, 2.45) is 0 Å². The predicted molar refractivity (Wildman–Crippen MR) is 121 cm³/mol. The van der Waals surface area contributed by atoms with E-state index in [-0.39, 0.29) is 5.56 Å². The number of aryl methyl sites for hydroxylation is 1. The van der Waals surface area contributed by atoms with Gasteiger partial charge in [-0.3, -0.25) is 14.3 Å². The maximum absolute atomic E-state index is 13.6. The van der Waals surface area contributed by atoms with Crippen LogP contribution >= 0.6 is 0 Å². The Bertz CT molecular complexity index is 1260. The van der Waals surface area contributed by atoms with E-state index in [1.54, 1.807) is 6.20 Å². The molecule has 4 heteroatoms. The molecule has 0 aliphatic carbocycles. The molecule has 5 rings (SSSR count). The predicted octanol–water partition coefficient (Wildman–Crippen LogP) is 4.31. The summed E-state index contributed by atoms with van der Waals surface area (Å²) >= 11 is 0. The number of aromatic nitrogens is 2. The molecular formula is C26H25N3O. The Balaban J connectivity index is 1.55. The van der Waals surface area contributed by atoms with Gasteiger partial charge in [0, 0.05) is 36.8 Å². The lowest BCUT2D eigenvalue weighted by Crippen LogP contribution is -2.37. The molecule has 0 fully saturated rings. The van der Waals surface area contributed by atoms with E-state index in [9.17, 15) is 4.79 Å². The van der Waals surface area contributed by atoms with E-state index in [2.05, 4.69) is 59.3 Å². The Morgan fingerprint density at radius 2 is 1.73 bits per heavy atom. The average Bonchev–Trinajstić information content (AvgIpc) is 2.77. The van der Waals surface area contributed by atoms with Crippen LogP contribution in [0, 0.1) is 6.92 Å². The first kappa shape index (κ1) is 18.8. The highest BCUT2D eigenvalue weighted by Crippen LogP contribution is 2.25. The number of pyridine rings is 2. The van der Waals surface area contributed by atoms with Crippen molar-refractivity contribution in [2.75, 3.05) is 6.54 Å². The van der Waals surface area contributed by atoms with Crippen molar-refractivity contribution >= 4 is 11.0 Å². The van der Waals surface area contributed by atoms with Gasteiger partial charge in [0.15, 0.2) is 0 Å². The van der Waals surface area contributed by atoms with Crippen LogP contribution in [0.2, 0.25) is 0 Å². The van der Waals surface area contributed by atoms with E-state index in [1.807, 2.05) is 28.8 Å². The fraction of sp³-hybridized carbons (Fsp3) is 0.231. The normalized spacial score (nSPS) is 14.0. The van der Waals surface area contributed by atoms with E-state index in [4.69, 9.17) is 0 Å². The second kappa shape index (κ2) is 7.88. The summed E-state index contributed by atoms with van der Waals surface area (Å²) in [5.41, 5.74) is 6.65. The molecule has 0 unspecified atom stereocenters. The van der Waals surface area contributed by atoms with Gasteiger partial charge < -0.3 is 0 Å². The summed E-state index contributed by atoms with van der Waals surface area (Å²) < 4.78 is 1.85. The molecule has 3 heterocycles. The molecular weight excluding hydrogens is 370 g/mol. The summed E-state index contributed by atoms with van der Waals surface area (Å²) in [7, 11) is 0. The molecule has 0 saturated carbocycles. The van der Waals surface area contributed by atoms with E-state index >= 15 is 0 Å². The molecule has 0 bridgehead atoms. The van der Waals surface area contributed by atoms with Gasteiger partial charge in [-0.25, -0.2) is 4.98 Å². The van der Waals surface area contributed by atoms with Gasteiger partial charge in [0.2, 0.25) is 0 Å². The Morgan fingerprint density at radius 1 is 0.900 bits per heavy atom. The van der Waals surface area contributed by atoms with Gasteiger partial charge in [0.25, 0.3) is 5.56 Å². The van der Waals surface area contributed by atoms with E-state index in [0.29, 0.717) is 13.1 Å².